The van der Waals surface area contributed by atoms with Crippen molar-refractivity contribution in [1.29, 1.82) is 0 Å². The van der Waals surface area contributed by atoms with Crippen LogP contribution in [0.1, 0.15) is 24.8 Å². The molecular formula is C19H26ClNO2S. The number of likely N-dealkylation sites (tertiary alicyclic amines) is 1. The maximum atomic E-state index is 6.28. The average Bonchev–Trinajstić information content (AvgIpc) is 3.00. The lowest BCUT2D eigenvalue weighted by Gasteiger charge is -2.47. The third-order valence-electron chi connectivity index (χ3n) is 5.46. The number of thioether (sulfide) groups is 1. The van der Waals surface area contributed by atoms with Crippen LogP contribution in [0.25, 0.3) is 0 Å². The van der Waals surface area contributed by atoms with Crippen LogP contribution in [0, 0.1) is 5.92 Å². The van der Waals surface area contributed by atoms with Gasteiger partial charge in [-0.1, -0.05) is 29.8 Å². The molecule has 1 aromatic carbocycles. The van der Waals surface area contributed by atoms with E-state index in [4.69, 9.17) is 21.1 Å². The standard InChI is InChI=1S/C19H26ClNO2S/c20-18-4-2-1-3-16(18)10-21-13-19(14-21)9-17(12-24-19)23-11-15-5-7-22-8-6-15/h1-4,15,17H,5-14H2/t17-/m0/s1. The monoisotopic (exact) mass is 367 g/mol. The molecule has 0 radical (unpaired) electrons. The summed E-state index contributed by atoms with van der Waals surface area (Å²) in [5, 5.41) is 0.884. The Kier molecular flexibility index (Phi) is 5.40. The Morgan fingerprint density at radius 3 is 2.83 bits per heavy atom. The molecule has 0 unspecified atom stereocenters. The van der Waals surface area contributed by atoms with Gasteiger partial charge in [-0.3, -0.25) is 4.90 Å². The van der Waals surface area contributed by atoms with E-state index in [1.165, 1.54) is 25.1 Å². The predicted molar refractivity (Wildman–Crippen MR) is 99.8 cm³/mol. The van der Waals surface area contributed by atoms with Crippen LogP contribution >= 0.6 is 23.4 Å². The van der Waals surface area contributed by atoms with Gasteiger partial charge in [0.15, 0.2) is 0 Å². The molecule has 24 heavy (non-hydrogen) atoms. The smallest absolute Gasteiger partial charge is 0.0680 e. The molecule has 0 aromatic heterocycles. The van der Waals surface area contributed by atoms with Gasteiger partial charge in [0.1, 0.15) is 0 Å². The summed E-state index contributed by atoms with van der Waals surface area (Å²) in [6.45, 7) is 6.05. The summed E-state index contributed by atoms with van der Waals surface area (Å²) < 4.78 is 12.1. The first-order valence-corrected chi connectivity index (χ1v) is 10.4. The van der Waals surface area contributed by atoms with E-state index < -0.39 is 0 Å². The van der Waals surface area contributed by atoms with Crippen molar-refractivity contribution in [1.82, 2.24) is 4.90 Å². The van der Waals surface area contributed by atoms with Crippen LogP contribution in [0.4, 0.5) is 0 Å². The Balaban J connectivity index is 1.21. The Labute approximate surface area is 154 Å². The molecule has 3 fully saturated rings. The molecule has 3 heterocycles. The molecular weight excluding hydrogens is 342 g/mol. The van der Waals surface area contributed by atoms with Crippen LogP contribution in [-0.2, 0) is 16.0 Å². The average molecular weight is 368 g/mol. The van der Waals surface area contributed by atoms with Crippen LogP contribution in [0.5, 0.6) is 0 Å². The van der Waals surface area contributed by atoms with Gasteiger partial charge in [-0.2, -0.15) is 0 Å². The van der Waals surface area contributed by atoms with Gasteiger partial charge >= 0.3 is 0 Å². The lowest BCUT2D eigenvalue weighted by Crippen LogP contribution is -2.58. The third-order valence-corrected chi connectivity index (χ3v) is 7.40. The predicted octanol–water partition coefficient (Wildman–Crippen LogP) is 3.84. The fourth-order valence-corrected chi connectivity index (χ4v) is 5.86. The van der Waals surface area contributed by atoms with Crippen LogP contribution in [0.2, 0.25) is 5.02 Å². The molecule has 0 N–H and O–H groups in total. The van der Waals surface area contributed by atoms with Gasteiger partial charge in [-0.25, -0.2) is 0 Å². The van der Waals surface area contributed by atoms with Gasteiger partial charge < -0.3 is 9.47 Å². The molecule has 0 aliphatic carbocycles. The highest BCUT2D eigenvalue weighted by Crippen LogP contribution is 2.46. The molecule has 1 atom stereocenters. The van der Waals surface area contributed by atoms with E-state index in [0.29, 0.717) is 16.8 Å². The zero-order valence-corrected chi connectivity index (χ0v) is 15.7. The maximum absolute atomic E-state index is 6.28. The fraction of sp³-hybridized carbons (Fsp3) is 0.684. The first-order chi connectivity index (χ1) is 11.7. The maximum Gasteiger partial charge on any atom is 0.0680 e. The second kappa shape index (κ2) is 7.55. The topological polar surface area (TPSA) is 21.7 Å². The Bertz CT molecular complexity index is 558. The zero-order chi connectivity index (χ0) is 16.4. The van der Waals surface area contributed by atoms with Gasteiger partial charge in [-0.15, -0.1) is 11.8 Å². The highest BCUT2D eigenvalue weighted by Gasteiger charge is 2.49. The third kappa shape index (κ3) is 3.94. The second-order valence-corrected chi connectivity index (χ2v) is 9.34. The molecule has 1 spiro atoms. The van der Waals surface area contributed by atoms with Crippen molar-refractivity contribution in [3.63, 3.8) is 0 Å². The number of ether oxygens (including phenoxy) is 2. The number of halogens is 1. The Morgan fingerprint density at radius 2 is 2.04 bits per heavy atom. The molecule has 3 nitrogen and oxygen atoms in total. The normalized spacial score (nSPS) is 27.5. The van der Waals surface area contributed by atoms with Crippen molar-refractivity contribution in [3.8, 4) is 0 Å². The van der Waals surface area contributed by atoms with Crippen molar-refractivity contribution in [2.24, 2.45) is 5.92 Å². The fourth-order valence-electron chi connectivity index (χ4n) is 4.06. The Hall–Kier alpha value is -0.260. The van der Waals surface area contributed by atoms with Crippen molar-refractivity contribution in [2.75, 3.05) is 38.7 Å². The molecule has 0 saturated carbocycles. The summed E-state index contributed by atoms with van der Waals surface area (Å²) in [7, 11) is 0. The first kappa shape index (κ1) is 17.2. The van der Waals surface area contributed by atoms with E-state index in [9.17, 15) is 0 Å². The molecule has 3 saturated heterocycles. The van der Waals surface area contributed by atoms with E-state index in [1.807, 2.05) is 12.1 Å². The SMILES string of the molecule is Clc1ccccc1CN1CC2(C[C@H](OCC3CCOCC3)CS2)C1. The largest absolute Gasteiger partial charge is 0.381 e. The van der Waals surface area contributed by atoms with Gasteiger partial charge in [0.25, 0.3) is 0 Å². The zero-order valence-electron chi connectivity index (χ0n) is 14.1. The molecule has 4 rings (SSSR count). The van der Waals surface area contributed by atoms with Crippen molar-refractivity contribution >= 4 is 23.4 Å². The van der Waals surface area contributed by atoms with Crippen LogP contribution < -0.4 is 0 Å². The van der Waals surface area contributed by atoms with Gasteiger partial charge in [-0.05, 0) is 36.8 Å². The number of hydrogen-bond acceptors (Lipinski definition) is 4. The number of nitrogens with zero attached hydrogens (tertiary/aromatic N) is 1. The van der Waals surface area contributed by atoms with Crippen molar-refractivity contribution < 1.29 is 9.47 Å². The van der Waals surface area contributed by atoms with Gasteiger partial charge in [0.2, 0.25) is 0 Å². The van der Waals surface area contributed by atoms with Gasteiger partial charge in [0.05, 0.1) is 6.10 Å². The van der Waals surface area contributed by atoms with E-state index in [2.05, 4.69) is 28.8 Å². The van der Waals surface area contributed by atoms with Gasteiger partial charge in [0, 0.05) is 55.0 Å². The molecule has 132 valence electrons. The molecule has 0 amide bonds. The summed E-state index contributed by atoms with van der Waals surface area (Å²) in [5.74, 6) is 1.86. The van der Waals surface area contributed by atoms with E-state index in [-0.39, 0.29) is 0 Å². The van der Waals surface area contributed by atoms with E-state index in [1.54, 1.807) is 0 Å². The summed E-state index contributed by atoms with van der Waals surface area (Å²) in [6, 6.07) is 8.18. The lowest BCUT2D eigenvalue weighted by atomic mass is 9.92. The highest BCUT2D eigenvalue weighted by molar-refractivity contribution is 8.01. The van der Waals surface area contributed by atoms with E-state index in [0.717, 1.165) is 50.0 Å². The lowest BCUT2D eigenvalue weighted by molar-refractivity contribution is -0.0133. The summed E-state index contributed by atoms with van der Waals surface area (Å²) in [6.07, 6.45) is 3.98. The minimum atomic E-state index is 0.432. The minimum Gasteiger partial charge on any atom is -0.381 e. The number of rotatable bonds is 5. The molecule has 3 aliphatic rings. The summed E-state index contributed by atoms with van der Waals surface area (Å²) in [4.78, 5) is 2.51. The van der Waals surface area contributed by atoms with Crippen LogP contribution in [0.3, 0.4) is 0 Å². The quantitative estimate of drug-likeness (QED) is 0.788. The summed E-state index contributed by atoms with van der Waals surface area (Å²) in [5.41, 5.74) is 1.24. The Morgan fingerprint density at radius 1 is 1.25 bits per heavy atom. The number of hydrogen-bond donors (Lipinski definition) is 0. The van der Waals surface area contributed by atoms with Crippen LogP contribution in [-0.4, -0.2) is 54.4 Å². The highest BCUT2D eigenvalue weighted by atomic mass is 35.5. The minimum absolute atomic E-state index is 0.432. The van der Waals surface area contributed by atoms with Crippen molar-refractivity contribution in [2.45, 2.75) is 36.7 Å². The molecule has 5 heteroatoms. The molecule has 0 bridgehead atoms. The second-order valence-electron chi connectivity index (χ2n) is 7.45. The summed E-state index contributed by atoms with van der Waals surface area (Å²) >= 11 is 8.40. The number of benzene rings is 1. The molecule has 1 aromatic rings. The van der Waals surface area contributed by atoms with E-state index >= 15 is 0 Å². The van der Waals surface area contributed by atoms with Crippen molar-refractivity contribution in [3.05, 3.63) is 34.9 Å². The van der Waals surface area contributed by atoms with Crippen LogP contribution in [0.15, 0.2) is 24.3 Å². The molecule has 3 aliphatic heterocycles. The first-order valence-electron chi connectivity index (χ1n) is 9.01.